The molecule has 1 heterocycles. The lowest BCUT2D eigenvalue weighted by atomic mass is 10.1. The van der Waals surface area contributed by atoms with Gasteiger partial charge in [0.1, 0.15) is 0 Å². The quantitative estimate of drug-likeness (QED) is 0.674. The molecule has 0 radical (unpaired) electrons. The Bertz CT molecular complexity index is 611. The summed E-state index contributed by atoms with van der Waals surface area (Å²) in [6, 6.07) is 10.6. The van der Waals surface area contributed by atoms with E-state index < -0.39 is 0 Å². The van der Waals surface area contributed by atoms with Crippen LogP contribution in [0.5, 0.6) is 0 Å². The number of nitrogens with zero attached hydrogens (tertiary/aromatic N) is 2. The van der Waals surface area contributed by atoms with Crippen molar-refractivity contribution in [2.24, 2.45) is 0 Å². The van der Waals surface area contributed by atoms with Crippen LogP contribution in [-0.2, 0) is 6.54 Å². The van der Waals surface area contributed by atoms with E-state index in [1.54, 1.807) is 18.2 Å². The third kappa shape index (κ3) is 3.07. The zero-order chi connectivity index (χ0) is 13.8. The van der Waals surface area contributed by atoms with Crippen molar-refractivity contribution in [3.05, 3.63) is 63.5 Å². The monoisotopic (exact) mass is 257 g/mol. The zero-order valence-corrected chi connectivity index (χ0v) is 10.9. The van der Waals surface area contributed by atoms with Crippen LogP contribution in [0.4, 0.5) is 11.4 Å². The van der Waals surface area contributed by atoms with Crippen molar-refractivity contribution in [2.75, 3.05) is 5.32 Å². The first-order valence-corrected chi connectivity index (χ1v) is 5.98. The average molecular weight is 257 g/mol. The Hall–Kier alpha value is -2.43. The summed E-state index contributed by atoms with van der Waals surface area (Å²) in [4.78, 5) is 14.9. The molecule has 0 aliphatic carbocycles. The van der Waals surface area contributed by atoms with Crippen molar-refractivity contribution in [3.63, 3.8) is 0 Å². The minimum atomic E-state index is -0.364. The number of hydrogen-bond donors (Lipinski definition) is 1. The summed E-state index contributed by atoms with van der Waals surface area (Å²) < 4.78 is 0. The van der Waals surface area contributed by atoms with Crippen molar-refractivity contribution >= 4 is 11.4 Å². The van der Waals surface area contributed by atoms with Gasteiger partial charge in [-0.15, -0.1) is 0 Å². The van der Waals surface area contributed by atoms with Gasteiger partial charge in [-0.2, -0.15) is 0 Å². The second-order valence-electron chi connectivity index (χ2n) is 4.32. The Morgan fingerprint density at radius 1 is 1.21 bits per heavy atom. The summed E-state index contributed by atoms with van der Waals surface area (Å²) in [5.41, 5.74) is 3.52. The van der Waals surface area contributed by atoms with Crippen LogP contribution in [0.2, 0.25) is 0 Å². The summed E-state index contributed by atoms with van der Waals surface area (Å²) in [6.07, 6.45) is 0. The number of nitrogens with one attached hydrogen (secondary N) is 1. The Morgan fingerprint density at radius 2 is 1.95 bits per heavy atom. The molecule has 2 aromatic rings. The van der Waals surface area contributed by atoms with E-state index in [1.165, 1.54) is 6.07 Å². The van der Waals surface area contributed by atoms with E-state index in [2.05, 4.69) is 10.3 Å². The number of hydrogen-bond acceptors (Lipinski definition) is 4. The van der Waals surface area contributed by atoms with Crippen LogP contribution in [0, 0.1) is 24.0 Å². The first-order valence-electron chi connectivity index (χ1n) is 5.98. The van der Waals surface area contributed by atoms with Gasteiger partial charge in [0, 0.05) is 23.9 Å². The van der Waals surface area contributed by atoms with Crippen LogP contribution in [0.25, 0.3) is 0 Å². The third-order valence-corrected chi connectivity index (χ3v) is 2.88. The number of anilines is 1. The summed E-state index contributed by atoms with van der Waals surface area (Å²) >= 11 is 0. The predicted octanol–water partition coefficient (Wildman–Crippen LogP) is 3.22. The van der Waals surface area contributed by atoms with E-state index in [1.807, 2.05) is 26.0 Å². The lowest BCUT2D eigenvalue weighted by molar-refractivity contribution is -0.385. The lowest BCUT2D eigenvalue weighted by Gasteiger charge is -2.09. The van der Waals surface area contributed by atoms with Crippen molar-refractivity contribution in [1.82, 2.24) is 4.98 Å². The third-order valence-electron chi connectivity index (χ3n) is 2.88. The number of nitro benzene ring substituents is 1. The summed E-state index contributed by atoms with van der Waals surface area (Å²) in [6.45, 7) is 4.25. The lowest BCUT2D eigenvalue weighted by Crippen LogP contribution is -2.05. The Kier molecular flexibility index (Phi) is 3.75. The molecule has 0 amide bonds. The van der Waals surface area contributed by atoms with E-state index in [4.69, 9.17) is 0 Å². The van der Waals surface area contributed by atoms with Crippen molar-refractivity contribution in [3.8, 4) is 0 Å². The Balaban J connectivity index is 2.17. The molecule has 1 aromatic carbocycles. The van der Waals surface area contributed by atoms with Crippen LogP contribution in [0.15, 0.2) is 36.4 Å². The molecule has 0 unspecified atom stereocenters. The maximum atomic E-state index is 10.9. The number of benzene rings is 1. The van der Waals surface area contributed by atoms with Gasteiger partial charge in [0.05, 0.1) is 16.3 Å². The summed E-state index contributed by atoms with van der Waals surface area (Å²) in [5.74, 6) is 0. The minimum Gasteiger partial charge on any atom is -0.379 e. The van der Waals surface area contributed by atoms with Crippen LogP contribution in [-0.4, -0.2) is 9.91 Å². The van der Waals surface area contributed by atoms with Gasteiger partial charge in [0.25, 0.3) is 5.69 Å². The standard InChI is InChI=1S/C14H15N3O2/c1-10-7-8-13(11(2)16-10)15-9-12-5-3-4-6-14(12)17(18)19/h3-8,15H,9H2,1-2H3. The van der Waals surface area contributed by atoms with E-state index in [-0.39, 0.29) is 10.6 Å². The van der Waals surface area contributed by atoms with E-state index in [0.717, 1.165) is 17.1 Å². The minimum absolute atomic E-state index is 0.132. The van der Waals surface area contributed by atoms with E-state index in [0.29, 0.717) is 12.1 Å². The SMILES string of the molecule is Cc1ccc(NCc2ccccc2[N+](=O)[O-])c(C)n1. The molecule has 1 N–H and O–H groups in total. The fourth-order valence-electron chi connectivity index (χ4n) is 1.90. The highest BCUT2D eigenvalue weighted by Crippen LogP contribution is 2.20. The van der Waals surface area contributed by atoms with Gasteiger partial charge < -0.3 is 5.32 Å². The molecular formula is C14H15N3O2. The molecular weight excluding hydrogens is 242 g/mol. The average Bonchev–Trinajstić information content (AvgIpc) is 2.38. The molecule has 0 aliphatic heterocycles. The first-order chi connectivity index (χ1) is 9.08. The maximum absolute atomic E-state index is 10.9. The number of rotatable bonds is 4. The van der Waals surface area contributed by atoms with Crippen molar-refractivity contribution in [1.29, 1.82) is 0 Å². The largest absolute Gasteiger partial charge is 0.379 e. The highest BCUT2D eigenvalue weighted by Gasteiger charge is 2.12. The molecule has 0 saturated heterocycles. The number of aromatic nitrogens is 1. The van der Waals surface area contributed by atoms with Gasteiger partial charge in [-0.3, -0.25) is 15.1 Å². The van der Waals surface area contributed by atoms with Gasteiger partial charge in [-0.1, -0.05) is 18.2 Å². The molecule has 19 heavy (non-hydrogen) atoms. The van der Waals surface area contributed by atoms with E-state index in [9.17, 15) is 10.1 Å². The molecule has 98 valence electrons. The zero-order valence-electron chi connectivity index (χ0n) is 10.9. The molecule has 5 nitrogen and oxygen atoms in total. The highest BCUT2D eigenvalue weighted by atomic mass is 16.6. The highest BCUT2D eigenvalue weighted by molar-refractivity contribution is 5.50. The van der Waals surface area contributed by atoms with Crippen LogP contribution < -0.4 is 5.32 Å². The normalized spacial score (nSPS) is 10.2. The number of nitro groups is 1. The fraction of sp³-hybridized carbons (Fsp3) is 0.214. The topological polar surface area (TPSA) is 68.1 Å². The van der Waals surface area contributed by atoms with Gasteiger partial charge in [-0.25, -0.2) is 0 Å². The smallest absolute Gasteiger partial charge is 0.274 e. The van der Waals surface area contributed by atoms with Crippen LogP contribution in [0.1, 0.15) is 17.0 Å². The first kappa shape index (κ1) is 13.0. The van der Waals surface area contributed by atoms with Crippen LogP contribution >= 0.6 is 0 Å². The second kappa shape index (κ2) is 5.48. The van der Waals surface area contributed by atoms with Gasteiger partial charge >= 0.3 is 0 Å². The summed E-state index contributed by atoms with van der Waals surface area (Å²) in [5, 5.41) is 14.1. The Labute approximate surface area is 111 Å². The fourth-order valence-corrected chi connectivity index (χ4v) is 1.90. The molecule has 5 heteroatoms. The van der Waals surface area contributed by atoms with Crippen molar-refractivity contribution in [2.45, 2.75) is 20.4 Å². The predicted molar refractivity (Wildman–Crippen MR) is 74.1 cm³/mol. The molecule has 0 bridgehead atoms. The number of pyridine rings is 1. The second-order valence-corrected chi connectivity index (χ2v) is 4.32. The summed E-state index contributed by atoms with van der Waals surface area (Å²) in [7, 11) is 0. The van der Waals surface area contributed by atoms with Gasteiger partial charge in [-0.05, 0) is 26.0 Å². The van der Waals surface area contributed by atoms with Gasteiger partial charge in [0.2, 0.25) is 0 Å². The van der Waals surface area contributed by atoms with Gasteiger partial charge in [0.15, 0.2) is 0 Å². The molecule has 0 spiro atoms. The molecule has 1 aromatic heterocycles. The molecule has 0 aliphatic rings. The van der Waals surface area contributed by atoms with Crippen molar-refractivity contribution < 1.29 is 4.92 Å². The van der Waals surface area contributed by atoms with E-state index >= 15 is 0 Å². The molecule has 0 fully saturated rings. The molecule has 0 atom stereocenters. The molecule has 2 rings (SSSR count). The van der Waals surface area contributed by atoms with Crippen LogP contribution in [0.3, 0.4) is 0 Å². The number of para-hydroxylation sites is 1. The molecule has 0 saturated carbocycles. The maximum Gasteiger partial charge on any atom is 0.274 e. The Morgan fingerprint density at radius 3 is 2.63 bits per heavy atom. The number of aryl methyl sites for hydroxylation is 2.